The predicted molar refractivity (Wildman–Crippen MR) is 141 cm³/mol. The van der Waals surface area contributed by atoms with Crippen LogP contribution in [0.2, 0.25) is 0 Å². The highest BCUT2D eigenvalue weighted by Gasteiger charge is 1.90. The molecule has 0 atom stereocenters. The molecule has 10 heteroatoms. The van der Waals surface area contributed by atoms with Crippen LogP contribution in [0.15, 0.2) is 0 Å². The molecule has 4 N–H and O–H groups in total. The topological polar surface area (TPSA) is 136 Å². The average Bonchev–Trinajstić information content (AvgIpc) is 2.86. The van der Waals surface area contributed by atoms with Crippen LogP contribution in [0.4, 0.5) is 0 Å². The highest BCUT2D eigenvalue weighted by Crippen LogP contribution is 1.83. The van der Waals surface area contributed by atoms with E-state index < -0.39 is 0 Å². The van der Waals surface area contributed by atoms with Crippen LogP contribution < -0.4 is 0 Å². The molecule has 0 saturated heterocycles. The second kappa shape index (κ2) is 54.5. The van der Waals surface area contributed by atoms with E-state index in [0.29, 0.717) is 66.1 Å². The summed E-state index contributed by atoms with van der Waals surface area (Å²) >= 11 is 0. The van der Waals surface area contributed by atoms with Gasteiger partial charge >= 0.3 is 0 Å². The van der Waals surface area contributed by atoms with Crippen LogP contribution in [0.25, 0.3) is 0 Å². The van der Waals surface area contributed by atoms with Gasteiger partial charge in [0.1, 0.15) is 0 Å². The van der Waals surface area contributed by atoms with Gasteiger partial charge in [0.25, 0.3) is 0 Å². The van der Waals surface area contributed by atoms with Crippen molar-refractivity contribution >= 4 is 0 Å². The molecule has 0 aromatic heterocycles. The van der Waals surface area contributed by atoms with E-state index in [9.17, 15) is 0 Å². The van der Waals surface area contributed by atoms with E-state index in [0.717, 1.165) is 45.5 Å². The third-order valence-electron chi connectivity index (χ3n) is 3.09. The van der Waals surface area contributed by atoms with Gasteiger partial charge in [-0.25, -0.2) is 0 Å². The van der Waals surface area contributed by atoms with Crippen LogP contribution >= 0.6 is 0 Å². The second-order valence-corrected chi connectivity index (χ2v) is 6.57. The number of ether oxygens (including phenoxy) is 6. The van der Waals surface area contributed by atoms with Crippen LogP contribution in [-0.2, 0) is 28.4 Å². The summed E-state index contributed by atoms with van der Waals surface area (Å²) < 4.78 is 30.4. The monoisotopic (exact) mass is 520 g/mol. The van der Waals surface area contributed by atoms with Crippen molar-refractivity contribution in [2.45, 2.75) is 60.8 Å². The standard InChI is InChI=1S/C9H20O4.C7H16O3.C5H12O2.C3H8O.CH4/c1-2-4-11-6-8-13-9-7-12-5-3-10;1-2-4-9-6-7-10-5-3-8;1-2-4-7-5-3-6;1-2-3-4;/h10H,2-9H2,1H3;8H,2-7H2,1H3;6H,2-5H2,1H3;4H,2-3H2,1H3;1H4. The Hall–Kier alpha value is -0.400. The lowest BCUT2D eigenvalue weighted by atomic mass is 10.5. The minimum absolute atomic E-state index is 0. The number of rotatable bonds is 22. The molecule has 0 amide bonds. The lowest BCUT2D eigenvalue weighted by molar-refractivity contribution is 0.00783. The quantitative estimate of drug-likeness (QED) is 0.157. The van der Waals surface area contributed by atoms with Gasteiger partial charge in [-0.1, -0.05) is 35.1 Å². The maximum Gasteiger partial charge on any atom is 0.0701 e. The molecule has 0 spiro atoms. The number of aliphatic hydroxyl groups excluding tert-OH is 4. The zero-order valence-electron chi connectivity index (χ0n) is 22.4. The van der Waals surface area contributed by atoms with Gasteiger partial charge in [-0.15, -0.1) is 0 Å². The fourth-order valence-electron chi connectivity index (χ4n) is 1.59. The molecular formula is C25H60O10. The molecular weight excluding hydrogens is 460 g/mol. The Morgan fingerprint density at radius 2 is 0.514 bits per heavy atom. The van der Waals surface area contributed by atoms with Crippen LogP contribution in [0, 0.1) is 0 Å². The molecule has 0 saturated carbocycles. The molecule has 0 fully saturated rings. The molecule has 0 radical (unpaired) electrons. The van der Waals surface area contributed by atoms with E-state index in [1.165, 1.54) is 0 Å². The third kappa shape index (κ3) is 71.9. The Balaban J connectivity index is -0.000000122. The van der Waals surface area contributed by atoms with E-state index in [4.69, 9.17) is 48.8 Å². The van der Waals surface area contributed by atoms with Crippen LogP contribution in [0.3, 0.4) is 0 Å². The normalized spacial score (nSPS) is 9.60. The summed E-state index contributed by atoms with van der Waals surface area (Å²) in [5.41, 5.74) is 0. The molecule has 35 heavy (non-hydrogen) atoms. The summed E-state index contributed by atoms with van der Waals surface area (Å²) in [4.78, 5) is 0. The maximum atomic E-state index is 8.38. The Kier molecular flexibility index (Phi) is 69.4. The molecule has 0 aromatic rings. The summed E-state index contributed by atoms with van der Waals surface area (Å²) in [7, 11) is 0. The molecule has 0 aliphatic carbocycles. The van der Waals surface area contributed by atoms with Crippen molar-refractivity contribution in [3.8, 4) is 0 Å². The van der Waals surface area contributed by atoms with Gasteiger partial charge in [0.05, 0.1) is 79.3 Å². The molecule has 0 aliphatic heterocycles. The summed E-state index contributed by atoms with van der Waals surface area (Å²) in [6.07, 6.45) is 3.99. The largest absolute Gasteiger partial charge is 0.396 e. The lowest BCUT2D eigenvalue weighted by Crippen LogP contribution is -2.10. The summed E-state index contributed by atoms with van der Waals surface area (Å²) in [6.45, 7) is 15.9. The van der Waals surface area contributed by atoms with E-state index in [-0.39, 0.29) is 27.2 Å². The highest BCUT2D eigenvalue weighted by atomic mass is 16.5. The Bertz CT molecular complexity index is 251. The molecule has 0 rings (SSSR count). The Morgan fingerprint density at radius 3 is 0.714 bits per heavy atom. The smallest absolute Gasteiger partial charge is 0.0701 e. The lowest BCUT2D eigenvalue weighted by Gasteiger charge is -2.05. The fraction of sp³-hybridized carbons (Fsp3) is 1.00. The first-order valence-electron chi connectivity index (χ1n) is 12.6. The van der Waals surface area contributed by atoms with Crippen molar-refractivity contribution in [3.05, 3.63) is 0 Å². The van der Waals surface area contributed by atoms with Gasteiger partial charge < -0.3 is 48.8 Å². The predicted octanol–water partition coefficient (Wildman–Crippen LogP) is 2.29. The van der Waals surface area contributed by atoms with Gasteiger partial charge in [0.2, 0.25) is 0 Å². The molecule has 0 aromatic carbocycles. The minimum Gasteiger partial charge on any atom is -0.396 e. The van der Waals surface area contributed by atoms with Crippen molar-refractivity contribution in [1.29, 1.82) is 0 Å². The zero-order chi connectivity index (χ0) is 26.4. The van der Waals surface area contributed by atoms with E-state index >= 15 is 0 Å². The summed E-state index contributed by atoms with van der Waals surface area (Å²) in [5.74, 6) is 0. The van der Waals surface area contributed by atoms with E-state index in [1.807, 2.05) is 13.8 Å². The van der Waals surface area contributed by atoms with Gasteiger partial charge in [0.15, 0.2) is 0 Å². The molecule has 0 heterocycles. The SMILES string of the molecule is C.CCCO.CCCOCCO.CCCOCCOCCO.CCCOCCOCCOCCO. The van der Waals surface area contributed by atoms with Crippen LogP contribution in [0.1, 0.15) is 60.8 Å². The molecule has 220 valence electrons. The first kappa shape index (κ1) is 44.6. The number of hydrogen-bond acceptors (Lipinski definition) is 10. The number of aliphatic hydroxyl groups is 4. The van der Waals surface area contributed by atoms with Gasteiger partial charge in [-0.05, 0) is 25.7 Å². The zero-order valence-corrected chi connectivity index (χ0v) is 22.4. The molecule has 0 aliphatic rings. The average molecular weight is 521 g/mol. The highest BCUT2D eigenvalue weighted by molar-refractivity contribution is 4.33. The first-order chi connectivity index (χ1) is 16.7. The van der Waals surface area contributed by atoms with Crippen molar-refractivity contribution in [3.63, 3.8) is 0 Å². The molecule has 10 nitrogen and oxygen atoms in total. The van der Waals surface area contributed by atoms with E-state index in [1.54, 1.807) is 0 Å². The van der Waals surface area contributed by atoms with Crippen molar-refractivity contribution in [1.82, 2.24) is 0 Å². The Morgan fingerprint density at radius 1 is 0.314 bits per heavy atom. The van der Waals surface area contributed by atoms with Crippen molar-refractivity contribution in [2.75, 3.05) is 106 Å². The summed E-state index contributed by atoms with van der Waals surface area (Å²) in [6, 6.07) is 0. The second-order valence-electron chi connectivity index (χ2n) is 6.57. The van der Waals surface area contributed by atoms with Crippen LogP contribution in [-0.4, -0.2) is 126 Å². The van der Waals surface area contributed by atoms with Crippen molar-refractivity contribution < 1.29 is 48.8 Å². The minimum atomic E-state index is 0. The fourth-order valence-corrected chi connectivity index (χ4v) is 1.59. The summed E-state index contributed by atoms with van der Waals surface area (Å²) in [5, 5.41) is 32.7. The van der Waals surface area contributed by atoms with Gasteiger partial charge in [-0.2, -0.15) is 0 Å². The van der Waals surface area contributed by atoms with E-state index in [2.05, 4.69) is 13.8 Å². The van der Waals surface area contributed by atoms with Crippen LogP contribution in [0.5, 0.6) is 0 Å². The third-order valence-corrected chi connectivity index (χ3v) is 3.09. The van der Waals surface area contributed by atoms with Gasteiger partial charge in [-0.3, -0.25) is 0 Å². The molecule has 0 unspecified atom stereocenters. The van der Waals surface area contributed by atoms with Gasteiger partial charge in [0, 0.05) is 26.4 Å². The van der Waals surface area contributed by atoms with Crippen molar-refractivity contribution in [2.24, 2.45) is 0 Å². The first-order valence-corrected chi connectivity index (χ1v) is 12.6. The maximum absolute atomic E-state index is 8.38. The Labute approximate surface area is 215 Å². The number of hydrogen-bond donors (Lipinski definition) is 4. The molecule has 0 bridgehead atoms.